The lowest BCUT2D eigenvalue weighted by atomic mass is 9.91. The highest BCUT2D eigenvalue weighted by molar-refractivity contribution is 6.30. The highest BCUT2D eigenvalue weighted by Gasteiger charge is 2.25. The molecular weight excluding hydrogens is 256 g/mol. The van der Waals surface area contributed by atoms with E-state index in [1.165, 1.54) is 12.3 Å². The zero-order chi connectivity index (χ0) is 13.1. The topological polar surface area (TPSA) is 94.1 Å². The quantitative estimate of drug-likeness (QED) is 0.649. The number of halogens is 1. The molecule has 2 rings (SSSR count). The van der Waals surface area contributed by atoms with Crippen LogP contribution < -0.4 is 11.1 Å². The molecule has 0 bridgehead atoms. The molecule has 0 radical (unpaired) electrons. The monoisotopic (exact) mass is 270 g/mol. The molecule has 98 valence electrons. The van der Waals surface area contributed by atoms with Crippen LogP contribution in [0.25, 0.3) is 0 Å². The molecule has 2 atom stereocenters. The van der Waals surface area contributed by atoms with E-state index in [0.717, 1.165) is 25.7 Å². The van der Waals surface area contributed by atoms with Gasteiger partial charge in [-0.2, -0.15) is 0 Å². The molecule has 1 aromatic heterocycles. The highest BCUT2D eigenvalue weighted by atomic mass is 35.5. The van der Waals surface area contributed by atoms with Crippen molar-refractivity contribution in [2.24, 2.45) is 5.73 Å². The molecule has 0 amide bonds. The minimum absolute atomic E-state index is 0.0100. The molecule has 0 spiro atoms. The molecule has 1 heterocycles. The summed E-state index contributed by atoms with van der Waals surface area (Å²) < 4.78 is 0. The number of anilines is 1. The molecule has 1 aromatic rings. The summed E-state index contributed by atoms with van der Waals surface area (Å²) in [6.45, 7) is 0. The standard InChI is InChI=1S/C11H15ClN4O2/c12-7-5-10(16(17)18)11(14-6-7)15-9-4-2-1-3-8(9)13/h5-6,8-9H,1-4,13H2,(H,14,15). The van der Waals surface area contributed by atoms with Crippen LogP contribution in [0.1, 0.15) is 25.7 Å². The number of hydrogen-bond donors (Lipinski definition) is 2. The summed E-state index contributed by atoms with van der Waals surface area (Å²) >= 11 is 5.71. The fourth-order valence-electron chi connectivity index (χ4n) is 2.19. The first-order valence-electron chi connectivity index (χ1n) is 5.90. The van der Waals surface area contributed by atoms with Gasteiger partial charge in [-0.1, -0.05) is 24.4 Å². The Kier molecular flexibility index (Phi) is 3.98. The first-order valence-corrected chi connectivity index (χ1v) is 6.28. The zero-order valence-corrected chi connectivity index (χ0v) is 10.6. The lowest BCUT2D eigenvalue weighted by Crippen LogP contribution is -2.42. The second-order valence-corrected chi connectivity index (χ2v) is 4.91. The maximum Gasteiger partial charge on any atom is 0.312 e. The Labute approximate surface area is 110 Å². The first-order chi connectivity index (χ1) is 8.58. The minimum atomic E-state index is -0.491. The Hall–Kier alpha value is -1.40. The molecule has 1 fully saturated rings. The van der Waals surface area contributed by atoms with E-state index in [1.807, 2.05) is 0 Å². The summed E-state index contributed by atoms with van der Waals surface area (Å²) in [7, 11) is 0. The molecule has 7 heteroatoms. The van der Waals surface area contributed by atoms with Crippen LogP contribution in [-0.2, 0) is 0 Å². The Morgan fingerprint density at radius 2 is 2.22 bits per heavy atom. The third-order valence-electron chi connectivity index (χ3n) is 3.17. The van der Waals surface area contributed by atoms with Gasteiger partial charge in [-0.3, -0.25) is 10.1 Å². The van der Waals surface area contributed by atoms with E-state index in [-0.39, 0.29) is 28.6 Å². The molecule has 1 saturated carbocycles. The van der Waals surface area contributed by atoms with Crippen molar-refractivity contribution in [3.05, 3.63) is 27.4 Å². The summed E-state index contributed by atoms with van der Waals surface area (Å²) in [5.41, 5.74) is 5.89. The maximum absolute atomic E-state index is 10.9. The molecule has 6 nitrogen and oxygen atoms in total. The molecule has 2 unspecified atom stereocenters. The van der Waals surface area contributed by atoms with Gasteiger partial charge in [0.2, 0.25) is 5.82 Å². The van der Waals surface area contributed by atoms with E-state index in [2.05, 4.69) is 10.3 Å². The van der Waals surface area contributed by atoms with Crippen molar-refractivity contribution < 1.29 is 4.92 Å². The van der Waals surface area contributed by atoms with Gasteiger partial charge in [-0.15, -0.1) is 0 Å². The van der Waals surface area contributed by atoms with Crippen LogP contribution in [0.4, 0.5) is 11.5 Å². The molecule has 1 aliphatic carbocycles. The predicted molar refractivity (Wildman–Crippen MR) is 69.8 cm³/mol. The third kappa shape index (κ3) is 2.88. The number of nitrogens with zero attached hydrogens (tertiary/aromatic N) is 2. The van der Waals surface area contributed by atoms with E-state index in [0.29, 0.717) is 0 Å². The third-order valence-corrected chi connectivity index (χ3v) is 3.38. The van der Waals surface area contributed by atoms with Crippen molar-refractivity contribution in [1.29, 1.82) is 0 Å². The number of nitro groups is 1. The van der Waals surface area contributed by atoms with Gasteiger partial charge >= 0.3 is 5.69 Å². The smallest absolute Gasteiger partial charge is 0.312 e. The molecular formula is C11H15ClN4O2. The van der Waals surface area contributed by atoms with Gasteiger partial charge in [0.1, 0.15) is 0 Å². The number of aromatic nitrogens is 1. The van der Waals surface area contributed by atoms with Gasteiger partial charge in [-0.05, 0) is 12.8 Å². The average molecular weight is 271 g/mol. The minimum Gasteiger partial charge on any atom is -0.360 e. The molecule has 0 aliphatic heterocycles. The van der Waals surface area contributed by atoms with Crippen molar-refractivity contribution in [3.8, 4) is 0 Å². The van der Waals surface area contributed by atoms with Crippen molar-refractivity contribution in [2.75, 3.05) is 5.32 Å². The lowest BCUT2D eigenvalue weighted by Gasteiger charge is -2.29. The van der Waals surface area contributed by atoms with Crippen LogP contribution in [0.5, 0.6) is 0 Å². The second-order valence-electron chi connectivity index (χ2n) is 4.48. The number of pyridine rings is 1. The van der Waals surface area contributed by atoms with E-state index < -0.39 is 4.92 Å². The lowest BCUT2D eigenvalue weighted by molar-refractivity contribution is -0.384. The van der Waals surface area contributed by atoms with E-state index in [9.17, 15) is 10.1 Å². The van der Waals surface area contributed by atoms with Gasteiger partial charge in [0.25, 0.3) is 0 Å². The highest BCUT2D eigenvalue weighted by Crippen LogP contribution is 2.28. The summed E-state index contributed by atoms with van der Waals surface area (Å²) in [5, 5.41) is 14.3. The largest absolute Gasteiger partial charge is 0.360 e. The number of nitrogens with one attached hydrogen (secondary N) is 1. The van der Waals surface area contributed by atoms with Crippen LogP contribution >= 0.6 is 11.6 Å². The fraction of sp³-hybridized carbons (Fsp3) is 0.545. The summed E-state index contributed by atoms with van der Waals surface area (Å²) in [6, 6.07) is 1.34. The van der Waals surface area contributed by atoms with Crippen LogP contribution in [0, 0.1) is 10.1 Å². The summed E-state index contributed by atoms with van der Waals surface area (Å²) in [5.74, 6) is 0.242. The van der Waals surface area contributed by atoms with E-state index in [1.54, 1.807) is 0 Å². The predicted octanol–water partition coefficient (Wildman–Crippen LogP) is 2.33. The van der Waals surface area contributed by atoms with Crippen molar-refractivity contribution in [3.63, 3.8) is 0 Å². The maximum atomic E-state index is 10.9. The number of nitrogens with two attached hydrogens (primary N) is 1. The van der Waals surface area contributed by atoms with Crippen molar-refractivity contribution in [2.45, 2.75) is 37.8 Å². The van der Waals surface area contributed by atoms with E-state index in [4.69, 9.17) is 17.3 Å². The molecule has 0 aromatic carbocycles. The van der Waals surface area contributed by atoms with Crippen LogP contribution in [0.2, 0.25) is 5.02 Å². The van der Waals surface area contributed by atoms with Gasteiger partial charge in [0.05, 0.1) is 9.95 Å². The summed E-state index contributed by atoms with van der Waals surface area (Å²) in [4.78, 5) is 14.4. The number of rotatable bonds is 3. The normalized spacial score (nSPS) is 23.7. The van der Waals surface area contributed by atoms with Gasteiger partial charge < -0.3 is 11.1 Å². The molecule has 0 saturated heterocycles. The zero-order valence-electron chi connectivity index (χ0n) is 9.80. The SMILES string of the molecule is NC1CCCCC1Nc1ncc(Cl)cc1[N+](=O)[O-]. The number of hydrogen-bond acceptors (Lipinski definition) is 5. The van der Waals surface area contributed by atoms with Crippen molar-refractivity contribution in [1.82, 2.24) is 4.98 Å². The van der Waals surface area contributed by atoms with Crippen molar-refractivity contribution >= 4 is 23.1 Å². The molecule has 1 aliphatic rings. The van der Waals surface area contributed by atoms with E-state index >= 15 is 0 Å². The Morgan fingerprint density at radius 1 is 1.50 bits per heavy atom. The Bertz CT molecular complexity index is 455. The Morgan fingerprint density at radius 3 is 2.89 bits per heavy atom. The molecule has 18 heavy (non-hydrogen) atoms. The van der Waals surface area contributed by atoms with Gasteiger partial charge in [0.15, 0.2) is 0 Å². The fourth-order valence-corrected chi connectivity index (χ4v) is 2.35. The van der Waals surface area contributed by atoms with Crippen LogP contribution in [0.3, 0.4) is 0 Å². The van der Waals surface area contributed by atoms with Crippen LogP contribution in [-0.4, -0.2) is 22.0 Å². The average Bonchev–Trinajstić information content (AvgIpc) is 2.34. The summed E-state index contributed by atoms with van der Waals surface area (Å²) in [6.07, 6.45) is 5.41. The van der Waals surface area contributed by atoms with Crippen LogP contribution in [0.15, 0.2) is 12.3 Å². The Balaban J connectivity index is 2.20. The second kappa shape index (κ2) is 5.49. The first kappa shape index (κ1) is 13.0. The van der Waals surface area contributed by atoms with Gasteiger partial charge in [-0.25, -0.2) is 4.98 Å². The van der Waals surface area contributed by atoms with Gasteiger partial charge in [0, 0.05) is 24.3 Å². The molecule has 3 N–H and O–H groups in total.